The van der Waals surface area contributed by atoms with Gasteiger partial charge in [0.2, 0.25) is 0 Å². The lowest BCUT2D eigenvalue weighted by atomic mass is 9.98. The highest BCUT2D eigenvalue weighted by Gasteiger charge is 2.30. The van der Waals surface area contributed by atoms with Gasteiger partial charge < -0.3 is 5.11 Å². The van der Waals surface area contributed by atoms with Crippen molar-refractivity contribution < 1.29 is 5.11 Å². The minimum atomic E-state index is -0.656. The van der Waals surface area contributed by atoms with Gasteiger partial charge in [-0.05, 0) is 49.4 Å². The molecule has 0 unspecified atom stereocenters. The first-order chi connectivity index (χ1) is 8.52. The second-order valence-corrected chi connectivity index (χ2v) is 4.96. The van der Waals surface area contributed by atoms with Gasteiger partial charge in [-0.15, -0.1) is 0 Å². The molecule has 94 valence electrons. The van der Waals surface area contributed by atoms with E-state index >= 15 is 0 Å². The summed E-state index contributed by atoms with van der Waals surface area (Å²) < 4.78 is 0. The van der Waals surface area contributed by atoms with Crippen LogP contribution in [0.5, 0.6) is 0 Å². The molecule has 0 aliphatic heterocycles. The highest BCUT2D eigenvalue weighted by atomic mass is 16.3. The van der Waals surface area contributed by atoms with Crippen LogP contribution in [0.15, 0.2) is 28.9 Å². The molecule has 1 aliphatic carbocycles. The molecule has 1 aliphatic rings. The van der Waals surface area contributed by atoms with Gasteiger partial charge in [0, 0.05) is 4.91 Å². The fourth-order valence-electron chi connectivity index (χ4n) is 2.61. The van der Waals surface area contributed by atoms with Gasteiger partial charge >= 0.3 is 0 Å². The molecule has 0 saturated heterocycles. The molecule has 4 heteroatoms. The Morgan fingerprint density at radius 1 is 1.22 bits per heavy atom. The van der Waals surface area contributed by atoms with E-state index in [4.69, 9.17) is 5.53 Å². The van der Waals surface area contributed by atoms with Gasteiger partial charge in [-0.25, -0.2) is 0 Å². The van der Waals surface area contributed by atoms with Crippen LogP contribution in [0.3, 0.4) is 0 Å². The number of hydrogen-bond donors (Lipinski definition) is 1. The van der Waals surface area contributed by atoms with E-state index in [2.05, 4.69) is 42.1 Å². The number of nitrogens with zero attached hydrogens (tertiary/aromatic N) is 3. The van der Waals surface area contributed by atoms with Gasteiger partial charge in [-0.2, -0.15) is 0 Å². The molecule has 0 bridgehead atoms. The van der Waals surface area contributed by atoms with E-state index in [1.807, 2.05) is 6.92 Å². The molecule has 2 atom stereocenters. The van der Waals surface area contributed by atoms with Gasteiger partial charge in [-0.3, -0.25) is 0 Å². The van der Waals surface area contributed by atoms with Crippen LogP contribution >= 0.6 is 0 Å². The normalized spacial score (nSPS) is 23.1. The number of aryl methyl sites for hydroxylation is 2. The van der Waals surface area contributed by atoms with Crippen molar-refractivity contribution in [1.82, 2.24) is 0 Å². The van der Waals surface area contributed by atoms with Crippen LogP contribution in [0.25, 0.3) is 16.0 Å². The number of benzene rings is 1. The summed E-state index contributed by atoms with van der Waals surface area (Å²) in [5, 5.41) is 13.7. The molecule has 0 saturated carbocycles. The number of rotatable bonds is 2. The SMILES string of the molecule is CC1=C(c2cc(C)cc(C)c2)C[C@@H](N=[N+]=[N-])[C@@H]1O. The van der Waals surface area contributed by atoms with Crippen molar-refractivity contribution in [3.05, 3.63) is 50.9 Å². The monoisotopic (exact) mass is 243 g/mol. The topological polar surface area (TPSA) is 69.0 Å². The summed E-state index contributed by atoms with van der Waals surface area (Å²) >= 11 is 0. The molecular formula is C14H17N3O. The smallest absolute Gasteiger partial charge is 0.0841 e. The Bertz CT molecular complexity index is 536. The van der Waals surface area contributed by atoms with Crippen molar-refractivity contribution in [1.29, 1.82) is 0 Å². The molecule has 18 heavy (non-hydrogen) atoms. The van der Waals surface area contributed by atoms with Crippen LogP contribution in [-0.4, -0.2) is 17.3 Å². The van der Waals surface area contributed by atoms with E-state index in [1.54, 1.807) is 0 Å². The van der Waals surface area contributed by atoms with Crippen LogP contribution in [0.1, 0.15) is 30.0 Å². The number of aliphatic hydroxyl groups excluding tert-OH is 1. The minimum Gasteiger partial charge on any atom is -0.388 e. The highest BCUT2D eigenvalue weighted by molar-refractivity contribution is 5.73. The van der Waals surface area contributed by atoms with E-state index in [0.717, 1.165) is 16.7 Å². The van der Waals surface area contributed by atoms with E-state index in [9.17, 15) is 5.11 Å². The van der Waals surface area contributed by atoms with Gasteiger partial charge in [0.25, 0.3) is 0 Å². The lowest BCUT2D eigenvalue weighted by Gasteiger charge is -2.08. The Morgan fingerprint density at radius 2 is 1.83 bits per heavy atom. The molecule has 1 aromatic rings. The highest BCUT2D eigenvalue weighted by Crippen LogP contribution is 2.36. The Balaban J connectivity index is 2.42. The maximum atomic E-state index is 10.0. The van der Waals surface area contributed by atoms with Gasteiger partial charge in [0.05, 0.1) is 12.1 Å². The summed E-state index contributed by atoms with van der Waals surface area (Å²) in [5.41, 5.74) is 14.0. The predicted molar refractivity (Wildman–Crippen MR) is 72.1 cm³/mol. The number of azide groups is 1. The van der Waals surface area contributed by atoms with Crippen molar-refractivity contribution in [3.8, 4) is 0 Å². The summed E-state index contributed by atoms with van der Waals surface area (Å²) in [6.45, 7) is 6.02. The number of aliphatic hydroxyl groups is 1. The average Bonchev–Trinajstić information content (AvgIpc) is 2.57. The molecule has 0 amide bonds. The second kappa shape index (κ2) is 4.84. The Morgan fingerprint density at radius 3 is 2.39 bits per heavy atom. The van der Waals surface area contributed by atoms with E-state index in [0.29, 0.717) is 6.42 Å². The van der Waals surface area contributed by atoms with Crippen molar-refractivity contribution in [2.45, 2.75) is 39.3 Å². The average molecular weight is 243 g/mol. The summed E-state index contributed by atoms with van der Waals surface area (Å²) in [5.74, 6) is 0. The third-order valence-electron chi connectivity index (χ3n) is 3.47. The van der Waals surface area contributed by atoms with Gasteiger partial charge in [0.1, 0.15) is 0 Å². The molecule has 2 rings (SSSR count). The van der Waals surface area contributed by atoms with Crippen LogP contribution in [0, 0.1) is 13.8 Å². The Kier molecular flexibility index (Phi) is 3.41. The molecule has 4 nitrogen and oxygen atoms in total. The molecule has 0 radical (unpaired) electrons. The molecule has 0 spiro atoms. The minimum absolute atomic E-state index is 0.370. The largest absolute Gasteiger partial charge is 0.388 e. The van der Waals surface area contributed by atoms with Crippen LogP contribution < -0.4 is 0 Å². The molecule has 0 aromatic heterocycles. The first kappa shape index (κ1) is 12.7. The summed E-state index contributed by atoms with van der Waals surface area (Å²) in [6.07, 6.45) is -0.0448. The first-order valence-electron chi connectivity index (χ1n) is 6.03. The first-order valence-corrected chi connectivity index (χ1v) is 6.03. The number of hydrogen-bond acceptors (Lipinski definition) is 2. The summed E-state index contributed by atoms with van der Waals surface area (Å²) in [7, 11) is 0. The van der Waals surface area contributed by atoms with Crippen molar-refractivity contribution in [3.63, 3.8) is 0 Å². The Labute approximate surface area is 107 Å². The van der Waals surface area contributed by atoms with Crippen LogP contribution in [0.4, 0.5) is 0 Å². The second-order valence-electron chi connectivity index (χ2n) is 4.96. The van der Waals surface area contributed by atoms with E-state index < -0.39 is 6.10 Å². The Hall–Kier alpha value is -1.77. The third-order valence-corrected chi connectivity index (χ3v) is 3.47. The lowest BCUT2D eigenvalue weighted by molar-refractivity contribution is 0.191. The third kappa shape index (κ3) is 2.26. The van der Waals surface area contributed by atoms with Crippen molar-refractivity contribution >= 4 is 5.57 Å². The zero-order chi connectivity index (χ0) is 13.3. The standard InChI is InChI=1S/C14H17N3O/c1-8-4-9(2)6-11(5-8)12-7-13(16-17-15)14(18)10(12)3/h4-6,13-14,18H,7H2,1-3H3/t13-,14-/m1/s1. The molecule has 1 N–H and O–H groups in total. The fraction of sp³-hybridized carbons (Fsp3) is 0.429. The lowest BCUT2D eigenvalue weighted by Crippen LogP contribution is -2.18. The molecule has 0 heterocycles. The van der Waals surface area contributed by atoms with E-state index in [-0.39, 0.29) is 6.04 Å². The molecular weight excluding hydrogens is 226 g/mol. The van der Waals surface area contributed by atoms with Gasteiger partial charge in [0.15, 0.2) is 0 Å². The maximum Gasteiger partial charge on any atom is 0.0841 e. The van der Waals surface area contributed by atoms with E-state index in [1.165, 1.54) is 11.1 Å². The zero-order valence-electron chi connectivity index (χ0n) is 10.9. The van der Waals surface area contributed by atoms with Gasteiger partial charge in [-0.1, -0.05) is 34.4 Å². The van der Waals surface area contributed by atoms with Crippen molar-refractivity contribution in [2.75, 3.05) is 0 Å². The van der Waals surface area contributed by atoms with Crippen LogP contribution in [-0.2, 0) is 0 Å². The fourth-order valence-corrected chi connectivity index (χ4v) is 2.61. The molecule has 0 fully saturated rings. The predicted octanol–water partition coefficient (Wildman–Crippen LogP) is 3.52. The maximum absolute atomic E-state index is 10.0. The quantitative estimate of drug-likeness (QED) is 0.482. The zero-order valence-corrected chi connectivity index (χ0v) is 10.9. The summed E-state index contributed by atoms with van der Waals surface area (Å²) in [4.78, 5) is 2.80. The molecule has 1 aromatic carbocycles. The summed E-state index contributed by atoms with van der Waals surface area (Å²) in [6, 6.07) is 5.97. The van der Waals surface area contributed by atoms with Crippen molar-refractivity contribution in [2.24, 2.45) is 5.11 Å². The van der Waals surface area contributed by atoms with Crippen LogP contribution in [0.2, 0.25) is 0 Å².